The average molecular weight is 319 g/mol. The van der Waals surface area contributed by atoms with Crippen LogP contribution in [0, 0.1) is 11.6 Å². The first kappa shape index (κ1) is 13.7. The Morgan fingerprint density at radius 1 is 0.667 bits per heavy atom. The van der Waals surface area contributed by atoms with Crippen LogP contribution in [0.4, 0.5) is 8.78 Å². The molecule has 0 spiro atoms. The van der Waals surface area contributed by atoms with Crippen molar-refractivity contribution in [1.29, 1.82) is 0 Å². The number of H-pyrrole nitrogens is 1. The Hall–Kier alpha value is -2.68. The zero-order valence-electron chi connectivity index (χ0n) is 12.9. The number of hydrogen-bond acceptors (Lipinski definition) is 0. The van der Waals surface area contributed by atoms with Crippen LogP contribution in [0.15, 0.2) is 60.7 Å². The molecule has 118 valence electrons. The minimum atomic E-state index is -0.234. The Balaban J connectivity index is 1.73. The van der Waals surface area contributed by atoms with Crippen molar-refractivity contribution in [2.24, 2.45) is 0 Å². The SMILES string of the molecule is Fc1ccc(-c2[nH]c(-c3ccc(F)cc3)c3c2[C@@H]2C=C[C@H]3C2)cc1. The fourth-order valence-electron chi connectivity index (χ4n) is 4.11. The summed E-state index contributed by atoms with van der Waals surface area (Å²) in [6, 6.07) is 13.2. The van der Waals surface area contributed by atoms with Crippen LogP contribution in [0.2, 0.25) is 0 Å². The second-order valence-corrected chi connectivity index (χ2v) is 6.55. The number of nitrogens with one attached hydrogen (secondary N) is 1. The molecule has 0 saturated heterocycles. The first-order valence-electron chi connectivity index (χ1n) is 8.16. The van der Waals surface area contributed by atoms with Gasteiger partial charge in [-0.1, -0.05) is 12.2 Å². The van der Waals surface area contributed by atoms with Crippen molar-refractivity contribution in [2.45, 2.75) is 18.3 Å². The van der Waals surface area contributed by atoms with Crippen molar-refractivity contribution in [3.8, 4) is 22.5 Å². The summed E-state index contributed by atoms with van der Waals surface area (Å²) in [5, 5.41) is 0. The van der Waals surface area contributed by atoms with Gasteiger partial charge in [-0.25, -0.2) is 8.78 Å². The van der Waals surface area contributed by atoms with E-state index in [0.717, 1.165) is 28.9 Å². The molecule has 0 saturated carbocycles. The summed E-state index contributed by atoms with van der Waals surface area (Å²) in [7, 11) is 0. The fourth-order valence-corrected chi connectivity index (χ4v) is 4.11. The van der Waals surface area contributed by atoms with Gasteiger partial charge in [-0.3, -0.25) is 0 Å². The number of allylic oxidation sites excluding steroid dienone is 2. The fraction of sp³-hybridized carbons (Fsp3) is 0.143. The largest absolute Gasteiger partial charge is 0.354 e. The number of benzene rings is 2. The van der Waals surface area contributed by atoms with Crippen molar-refractivity contribution in [3.05, 3.63) is 83.4 Å². The van der Waals surface area contributed by atoms with E-state index in [1.807, 2.05) is 24.3 Å². The van der Waals surface area contributed by atoms with Crippen molar-refractivity contribution in [2.75, 3.05) is 0 Å². The van der Waals surface area contributed by atoms with Crippen LogP contribution in [-0.2, 0) is 0 Å². The molecule has 24 heavy (non-hydrogen) atoms. The van der Waals surface area contributed by atoms with Crippen LogP contribution < -0.4 is 0 Å². The summed E-state index contributed by atoms with van der Waals surface area (Å²) in [6.07, 6.45) is 5.63. The predicted octanol–water partition coefficient (Wildman–Crippen LogP) is 5.77. The number of aromatic nitrogens is 1. The summed E-state index contributed by atoms with van der Waals surface area (Å²) in [5.41, 5.74) is 6.72. The van der Waals surface area contributed by atoms with Gasteiger partial charge in [0, 0.05) is 23.2 Å². The molecule has 0 unspecified atom stereocenters. The Morgan fingerprint density at radius 3 is 1.50 bits per heavy atom. The lowest BCUT2D eigenvalue weighted by molar-refractivity contribution is 0.627. The van der Waals surface area contributed by atoms with E-state index in [-0.39, 0.29) is 11.6 Å². The summed E-state index contributed by atoms with van der Waals surface area (Å²) < 4.78 is 26.6. The maximum atomic E-state index is 13.3. The molecule has 2 aliphatic carbocycles. The number of aromatic amines is 1. The Kier molecular flexibility index (Phi) is 2.81. The highest BCUT2D eigenvalue weighted by Crippen LogP contribution is 2.55. The van der Waals surface area contributed by atoms with E-state index in [9.17, 15) is 8.78 Å². The van der Waals surface area contributed by atoms with Gasteiger partial charge in [0.05, 0.1) is 0 Å². The Bertz CT molecular complexity index is 873. The third-order valence-electron chi connectivity index (χ3n) is 5.17. The van der Waals surface area contributed by atoms with E-state index in [0.29, 0.717) is 11.8 Å². The number of hydrogen-bond donors (Lipinski definition) is 1. The molecule has 2 bridgehead atoms. The molecule has 1 heterocycles. The monoisotopic (exact) mass is 319 g/mol. The molecule has 2 aliphatic rings. The lowest BCUT2D eigenvalue weighted by atomic mass is 9.93. The van der Waals surface area contributed by atoms with Gasteiger partial charge >= 0.3 is 0 Å². The van der Waals surface area contributed by atoms with Gasteiger partial charge in [-0.15, -0.1) is 0 Å². The first-order valence-corrected chi connectivity index (χ1v) is 8.16. The second kappa shape index (κ2) is 4.91. The van der Waals surface area contributed by atoms with Gasteiger partial charge < -0.3 is 4.98 Å². The molecule has 3 aromatic rings. The molecule has 1 nitrogen and oxygen atoms in total. The second-order valence-electron chi connectivity index (χ2n) is 6.55. The van der Waals surface area contributed by atoms with Crippen molar-refractivity contribution < 1.29 is 8.78 Å². The molecule has 3 heteroatoms. The van der Waals surface area contributed by atoms with Crippen LogP contribution in [-0.4, -0.2) is 4.98 Å². The zero-order valence-corrected chi connectivity index (χ0v) is 12.9. The lowest BCUT2D eigenvalue weighted by Crippen LogP contribution is -1.92. The summed E-state index contributed by atoms with van der Waals surface area (Å²) in [5.74, 6) is 0.357. The first-order chi connectivity index (χ1) is 11.7. The molecule has 1 aromatic heterocycles. The Morgan fingerprint density at radius 2 is 1.08 bits per heavy atom. The smallest absolute Gasteiger partial charge is 0.123 e. The quantitative estimate of drug-likeness (QED) is 0.577. The van der Waals surface area contributed by atoms with Gasteiger partial charge in [0.1, 0.15) is 11.6 Å². The Labute approximate surface area is 138 Å². The predicted molar refractivity (Wildman–Crippen MR) is 90.8 cm³/mol. The molecule has 0 fully saturated rings. The van der Waals surface area contributed by atoms with Gasteiger partial charge in [-0.05, 0) is 77.2 Å². The van der Waals surface area contributed by atoms with Crippen molar-refractivity contribution in [1.82, 2.24) is 4.98 Å². The van der Waals surface area contributed by atoms with E-state index in [1.54, 1.807) is 0 Å². The molecule has 2 aromatic carbocycles. The summed E-state index contributed by atoms with van der Waals surface area (Å²) >= 11 is 0. The summed E-state index contributed by atoms with van der Waals surface area (Å²) in [4.78, 5) is 3.54. The van der Waals surface area contributed by atoms with Crippen LogP contribution in [0.25, 0.3) is 22.5 Å². The molecule has 0 aliphatic heterocycles. The van der Waals surface area contributed by atoms with E-state index in [2.05, 4.69) is 17.1 Å². The van der Waals surface area contributed by atoms with E-state index < -0.39 is 0 Å². The molecule has 5 rings (SSSR count). The van der Waals surface area contributed by atoms with Crippen molar-refractivity contribution in [3.63, 3.8) is 0 Å². The minimum absolute atomic E-state index is 0.234. The third kappa shape index (κ3) is 1.91. The number of rotatable bonds is 2. The van der Waals surface area contributed by atoms with Crippen LogP contribution in [0.1, 0.15) is 29.4 Å². The number of halogens is 2. The third-order valence-corrected chi connectivity index (χ3v) is 5.17. The van der Waals surface area contributed by atoms with E-state index in [4.69, 9.17) is 0 Å². The lowest BCUT2D eigenvalue weighted by Gasteiger charge is -2.09. The van der Waals surface area contributed by atoms with Gasteiger partial charge in [0.25, 0.3) is 0 Å². The molecule has 0 amide bonds. The van der Waals surface area contributed by atoms with E-state index >= 15 is 0 Å². The maximum Gasteiger partial charge on any atom is 0.123 e. The van der Waals surface area contributed by atoms with Crippen LogP contribution >= 0.6 is 0 Å². The molecular weight excluding hydrogens is 304 g/mol. The van der Waals surface area contributed by atoms with Crippen LogP contribution in [0.3, 0.4) is 0 Å². The van der Waals surface area contributed by atoms with Crippen molar-refractivity contribution >= 4 is 0 Å². The molecule has 0 radical (unpaired) electrons. The number of fused-ring (bicyclic) bond motifs is 5. The van der Waals surface area contributed by atoms with Crippen LogP contribution in [0.5, 0.6) is 0 Å². The highest BCUT2D eigenvalue weighted by molar-refractivity contribution is 5.80. The summed E-state index contributed by atoms with van der Waals surface area (Å²) in [6.45, 7) is 0. The van der Waals surface area contributed by atoms with Gasteiger partial charge in [0.2, 0.25) is 0 Å². The minimum Gasteiger partial charge on any atom is -0.354 e. The molecule has 2 atom stereocenters. The molecular formula is C21H15F2N. The highest BCUT2D eigenvalue weighted by Gasteiger charge is 2.38. The standard InChI is InChI=1S/C21H15F2N/c22-16-7-3-12(4-8-16)20-18-14-1-2-15(11-14)19(18)21(24-20)13-5-9-17(23)10-6-13/h1-10,14-15,24H,11H2/t14-,15+. The normalized spacial score (nSPS) is 20.6. The van der Waals surface area contributed by atoms with Gasteiger partial charge in [-0.2, -0.15) is 0 Å². The molecule has 1 N–H and O–H groups in total. The topological polar surface area (TPSA) is 15.8 Å². The average Bonchev–Trinajstić information content (AvgIpc) is 3.28. The zero-order chi connectivity index (χ0) is 16.3. The van der Waals surface area contributed by atoms with Gasteiger partial charge in [0.15, 0.2) is 0 Å². The maximum absolute atomic E-state index is 13.3. The van der Waals surface area contributed by atoms with E-state index in [1.165, 1.54) is 35.4 Å². The highest BCUT2D eigenvalue weighted by atomic mass is 19.1.